The maximum Gasteiger partial charge on any atom is 0.123 e. The lowest BCUT2D eigenvalue weighted by atomic mass is 10.2. The number of aryl methyl sites for hydroxylation is 1. The molecule has 2 aromatic rings. The normalized spacial score (nSPS) is 14.4. The van der Waals surface area contributed by atoms with Crippen molar-refractivity contribution in [2.75, 3.05) is 6.61 Å². The number of ether oxygens (including phenoxy) is 1. The van der Waals surface area contributed by atoms with Crippen LogP contribution in [0.2, 0.25) is 5.02 Å². The van der Waals surface area contributed by atoms with Crippen molar-refractivity contribution in [3.8, 4) is 5.75 Å². The molecule has 0 amide bonds. The summed E-state index contributed by atoms with van der Waals surface area (Å²) in [6.07, 6.45) is 7.29. The van der Waals surface area contributed by atoms with Gasteiger partial charge < -0.3 is 10.1 Å². The fourth-order valence-electron chi connectivity index (χ4n) is 2.25. The Balaban J connectivity index is 1.57. The highest BCUT2D eigenvalue weighted by molar-refractivity contribution is 6.30. The lowest BCUT2D eigenvalue weighted by Crippen LogP contribution is -2.16. The zero-order chi connectivity index (χ0) is 14.7. The van der Waals surface area contributed by atoms with E-state index in [4.69, 9.17) is 16.3 Å². The van der Waals surface area contributed by atoms with Crippen LogP contribution in [0.3, 0.4) is 0 Å². The number of nitrogens with zero attached hydrogens (tertiary/aromatic N) is 2. The van der Waals surface area contributed by atoms with Gasteiger partial charge in [-0.1, -0.05) is 11.6 Å². The highest BCUT2D eigenvalue weighted by Gasteiger charge is 2.20. The third kappa shape index (κ3) is 4.22. The van der Waals surface area contributed by atoms with Crippen LogP contribution in [0.25, 0.3) is 0 Å². The first-order valence-corrected chi connectivity index (χ1v) is 7.70. The van der Waals surface area contributed by atoms with Crippen molar-refractivity contribution >= 4 is 11.6 Å². The molecule has 1 aromatic carbocycles. The summed E-state index contributed by atoms with van der Waals surface area (Å²) in [5.74, 6) is 0.913. The lowest BCUT2D eigenvalue weighted by molar-refractivity contribution is 0.317. The minimum atomic E-state index is 0.643. The van der Waals surface area contributed by atoms with Crippen LogP contribution >= 0.6 is 11.6 Å². The minimum absolute atomic E-state index is 0.643. The van der Waals surface area contributed by atoms with Crippen molar-refractivity contribution in [3.05, 3.63) is 46.7 Å². The Morgan fingerprint density at radius 3 is 3.00 bits per heavy atom. The van der Waals surface area contributed by atoms with Crippen LogP contribution in [-0.2, 0) is 20.0 Å². The minimum Gasteiger partial charge on any atom is -0.493 e. The Morgan fingerprint density at radius 1 is 1.43 bits per heavy atom. The summed E-state index contributed by atoms with van der Waals surface area (Å²) >= 11 is 6.09. The van der Waals surface area contributed by atoms with E-state index in [-0.39, 0.29) is 0 Å². The molecule has 0 spiro atoms. The van der Waals surface area contributed by atoms with Crippen LogP contribution in [-0.4, -0.2) is 22.4 Å². The second-order valence-corrected chi connectivity index (χ2v) is 5.96. The van der Waals surface area contributed by atoms with Gasteiger partial charge in [0.15, 0.2) is 0 Å². The van der Waals surface area contributed by atoms with Gasteiger partial charge in [0.2, 0.25) is 0 Å². The monoisotopic (exact) mass is 305 g/mol. The summed E-state index contributed by atoms with van der Waals surface area (Å²) in [6.45, 7) is 1.46. The Morgan fingerprint density at radius 2 is 2.29 bits per heavy atom. The van der Waals surface area contributed by atoms with Crippen LogP contribution in [0, 0.1) is 0 Å². The van der Waals surface area contributed by atoms with Crippen molar-refractivity contribution < 1.29 is 4.74 Å². The molecule has 1 heterocycles. The number of hydrogen-bond acceptors (Lipinski definition) is 3. The average molecular weight is 306 g/mol. The van der Waals surface area contributed by atoms with Gasteiger partial charge in [-0.3, -0.25) is 4.68 Å². The molecule has 1 saturated carbocycles. The predicted octanol–water partition coefficient (Wildman–Crippen LogP) is 2.95. The molecule has 4 nitrogen and oxygen atoms in total. The van der Waals surface area contributed by atoms with Crippen molar-refractivity contribution in [3.63, 3.8) is 0 Å². The van der Waals surface area contributed by atoms with E-state index in [2.05, 4.69) is 10.4 Å². The molecule has 1 aliphatic rings. The summed E-state index contributed by atoms with van der Waals surface area (Å²) < 4.78 is 7.73. The molecule has 5 heteroatoms. The number of halogens is 1. The van der Waals surface area contributed by atoms with Crippen molar-refractivity contribution in [1.29, 1.82) is 0 Å². The standard InChI is InChI=1S/C16H20ClN3O/c1-20-11-12(9-19-20)6-7-21-16-5-2-14(17)8-13(16)10-18-15-3-4-15/h2,5,8-9,11,15,18H,3-4,6-7,10H2,1H3. The van der Waals surface area contributed by atoms with E-state index < -0.39 is 0 Å². The molecule has 21 heavy (non-hydrogen) atoms. The molecule has 0 bridgehead atoms. The van der Waals surface area contributed by atoms with E-state index in [9.17, 15) is 0 Å². The topological polar surface area (TPSA) is 39.1 Å². The van der Waals surface area contributed by atoms with E-state index in [0.29, 0.717) is 12.6 Å². The first-order valence-electron chi connectivity index (χ1n) is 7.33. The second-order valence-electron chi connectivity index (χ2n) is 5.53. The molecule has 1 aromatic heterocycles. The van der Waals surface area contributed by atoms with Crippen LogP contribution in [0.4, 0.5) is 0 Å². The Kier molecular flexibility index (Phi) is 4.46. The molecule has 1 fully saturated rings. The molecular formula is C16H20ClN3O. The molecular weight excluding hydrogens is 286 g/mol. The van der Waals surface area contributed by atoms with Gasteiger partial charge in [-0.2, -0.15) is 5.10 Å². The summed E-state index contributed by atoms with van der Waals surface area (Å²) in [7, 11) is 1.92. The molecule has 1 N–H and O–H groups in total. The first kappa shape index (κ1) is 14.4. The fourth-order valence-corrected chi connectivity index (χ4v) is 2.44. The quantitative estimate of drug-likeness (QED) is 0.855. The van der Waals surface area contributed by atoms with Gasteiger partial charge in [0, 0.05) is 42.8 Å². The van der Waals surface area contributed by atoms with Gasteiger partial charge >= 0.3 is 0 Å². The van der Waals surface area contributed by atoms with Crippen molar-refractivity contribution in [2.24, 2.45) is 7.05 Å². The zero-order valence-corrected chi connectivity index (χ0v) is 12.9. The predicted molar refractivity (Wildman–Crippen MR) is 83.7 cm³/mol. The molecule has 0 aliphatic heterocycles. The van der Waals surface area contributed by atoms with Gasteiger partial charge in [-0.15, -0.1) is 0 Å². The van der Waals surface area contributed by atoms with Gasteiger partial charge in [-0.05, 0) is 36.6 Å². The maximum absolute atomic E-state index is 6.09. The number of benzene rings is 1. The number of aromatic nitrogens is 2. The highest BCUT2D eigenvalue weighted by Crippen LogP contribution is 2.25. The van der Waals surface area contributed by atoms with E-state index in [1.54, 1.807) is 0 Å². The van der Waals surface area contributed by atoms with Crippen molar-refractivity contribution in [2.45, 2.75) is 31.8 Å². The molecule has 0 radical (unpaired) electrons. The number of hydrogen-bond donors (Lipinski definition) is 1. The smallest absolute Gasteiger partial charge is 0.123 e. The Hall–Kier alpha value is -1.52. The van der Waals surface area contributed by atoms with Crippen molar-refractivity contribution in [1.82, 2.24) is 15.1 Å². The molecule has 1 aliphatic carbocycles. The summed E-state index contributed by atoms with van der Waals surface area (Å²) in [4.78, 5) is 0. The second kappa shape index (κ2) is 6.50. The van der Waals surface area contributed by atoms with Gasteiger partial charge in [0.1, 0.15) is 5.75 Å². The lowest BCUT2D eigenvalue weighted by Gasteiger charge is -2.12. The third-order valence-corrected chi connectivity index (χ3v) is 3.82. The van der Waals surface area contributed by atoms with Crippen LogP contribution in [0.1, 0.15) is 24.0 Å². The number of nitrogens with one attached hydrogen (secondary N) is 1. The van der Waals surface area contributed by atoms with Gasteiger partial charge in [-0.25, -0.2) is 0 Å². The molecule has 0 saturated heterocycles. The van der Waals surface area contributed by atoms with Crippen LogP contribution in [0.15, 0.2) is 30.6 Å². The molecule has 112 valence electrons. The zero-order valence-electron chi connectivity index (χ0n) is 12.2. The number of rotatable bonds is 7. The van der Waals surface area contributed by atoms with E-state index >= 15 is 0 Å². The van der Waals surface area contributed by atoms with E-state index in [1.807, 2.05) is 42.3 Å². The molecule has 3 rings (SSSR count). The highest BCUT2D eigenvalue weighted by atomic mass is 35.5. The van der Waals surface area contributed by atoms with E-state index in [1.165, 1.54) is 18.4 Å². The first-order chi connectivity index (χ1) is 10.2. The molecule has 0 unspecified atom stereocenters. The van der Waals surface area contributed by atoms with Gasteiger partial charge in [0.05, 0.1) is 12.8 Å². The SMILES string of the molecule is Cn1cc(CCOc2ccc(Cl)cc2CNC2CC2)cn1. The van der Waals surface area contributed by atoms with Crippen LogP contribution in [0.5, 0.6) is 5.75 Å². The summed E-state index contributed by atoms with van der Waals surface area (Å²) in [5.41, 5.74) is 2.31. The Labute approximate surface area is 130 Å². The average Bonchev–Trinajstić information content (AvgIpc) is 3.20. The van der Waals surface area contributed by atoms with Gasteiger partial charge in [0.25, 0.3) is 0 Å². The summed E-state index contributed by atoms with van der Waals surface area (Å²) in [5, 5.41) is 8.41. The maximum atomic E-state index is 6.09. The van der Waals surface area contributed by atoms with E-state index in [0.717, 1.165) is 29.3 Å². The van der Waals surface area contributed by atoms with Crippen LogP contribution < -0.4 is 10.1 Å². The fraction of sp³-hybridized carbons (Fsp3) is 0.438. The largest absolute Gasteiger partial charge is 0.493 e. The third-order valence-electron chi connectivity index (χ3n) is 3.59. The summed E-state index contributed by atoms with van der Waals surface area (Å²) in [6, 6.07) is 6.49. The molecule has 0 atom stereocenters. The Bertz CT molecular complexity index is 607.